The minimum absolute atomic E-state index is 0.116. The minimum atomic E-state index is -0.382. The lowest BCUT2D eigenvalue weighted by Crippen LogP contribution is -2.48. The number of ketones is 2. The Bertz CT molecular complexity index is 321. The molecule has 14 heavy (non-hydrogen) atoms. The molecule has 2 bridgehead atoms. The van der Waals surface area contributed by atoms with Crippen LogP contribution in [0.4, 0.5) is 0 Å². The maximum absolute atomic E-state index is 11.6. The Balaban J connectivity index is 2.30. The van der Waals surface area contributed by atoms with Gasteiger partial charge in [-0.3, -0.25) is 9.59 Å². The third-order valence-corrected chi connectivity index (χ3v) is 3.52. The van der Waals surface area contributed by atoms with Gasteiger partial charge in [-0.1, -0.05) is 22.0 Å². The van der Waals surface area contributed by atoms with E-state index in [1.54, 1.807) is 0 Å². The summed E-state index contributed by atoms with van der Waals surface area (Å²) in [6.45, 7) is 2.47. The number of hydrogen-bond acceptors (Lipinski definition) is 3. The van der Waals surface area contributed by atoms with E-state index in [2.05, 4.69) is 15.9 Å². The van der Waals surface area contributed by atoms with Crippen LogP contribution in [0, 0.1) is 11.8 Å². The van der Waals surface area contributed by atoms with Crippen molar-refractivity contribution in [2.45, 2.75) is 19.4 Å². The van der Waals surface area contributed by atoms with Crippen LogP contribution in [0.15, 0.2) is 10.6 Å². The summed E-state index contributed by atoms with van der Waals surface area (Å²) >= 11 is 3.33. The lowest BCUT2D eigenvalue weighted by atomic mass is 9.72. The van der Waals surface area contributed by atoms with Crippen LogP contribution in [0.5, 0.6) is 0 Å². The molecule has 0 N–H and O–H groups in total. The highest BCUT2D eigenvalue weighted by Gasteiger charge is 2.48. The van der Waals surface area contributed by atoms with Crippen LogP contribution in [0.2, 0.25) is 0 Å². The summed E-state index contributed by atoms with van der Waals surface area (Å²) in [6.07, 6.45) is 2.37. The normalized spacial score (nSPS) is 36.1. The van der Waals surface area contributed by atoms with E-state index in [0.29, 0.717) is 13.0 Å². The van der Waals surface area contributed by atoms with Crippen molar-refractivity contribution in [1.29, 1.82) is 0 Å². The molecule has 1 saturated carbocycles. The van der Waals surface area contributed by atoms with Gasteiger partial charge in [-0.05, 0) is 13.3 Å². The first-order valence-electron chi connectivity index (χ1n) is 4.72. The van der Waals surface area contributed by atoms with Gasteiger partial charge in [-0.25, -0.2) is 0 Å². The SMILES string of the molecule is CCO[C@H]1C[C@H]2C=C(Br)[C@@H]1C(=O)C2=O. The average Bonchev–Trinajstić information content (AvgIpc) is 2.13. The maximum Gasteiger partial charge on any atom is 0.209 e. The number of halogens is 1. The molecule has 3 rings (SSSR count). The van der Waals surface area contributed by atoms with Crippen LogP contribution in [0.25, 0.3) is 0 Å². The van der Waals surface area contributed by atoms with E-state index in [1.807, 2.05) is 13.0 Å². The first kappa shape index (κ1) is 10.1. The monoisotopic (exact) mass is 258 g/mol. The molecular formula is C10H11BrO3. The minimum Gasteiger partial charge on any atom is -0.377 e. The Morgan fingerprint density at radius 1 is 1.50 bits per heavy atom. The smallest absolute Gasteiger partial charge is 0.209 e. The van der Waals surface area contributed by atoms with Crippen LogP contribution in [0.3, 0.4) is 0 Å². The van der Waals surface area contributed by atoms with Crippen LogP contribution in [-0.2, 0) is 14.3 Å². The van der Waals surface area contributed by atoms with E-state index >= 15 is 0 Å². The zero-order valence-corrected chi connectivity index (χ0v) is 9.41. The topological polar surface area (TPSA) is 43.4 Å². The van der Waals surface area contributed by atoms with E-state index in [-0.39, 0.29) is 29.5 Å². The largest absolute Gasteiger partial charge is 0.377 e. The van der Waals surface area contributed by atoms with Crippen molar-refractivity contribution < 1.29 is 14.3 Å². The van der Waals surface area contributed by atoms with Crippen LogP contribution < -0.4 is 0 Å². The van der Waals surface area contributed by atoms with Gasteiger partial charge in [-0.2, -0.15) is 0 Å². The van der Waals surface area contributed by atoms with E-state index in [9.17, 15) is 9.59 Å². The molecule has 3 aliphatic rings. The highest BCUT2D eigenvalue weighted by atomic mass is 79.9. The van der Waals surface area contributed by atoms with Gasteiger partial charge in [0, 0.05) is 17.0 Å². The summed E-state index contributed by atoms with van der Waals surface area (Å²) in [5, 5.41) is 0. The molecule has 4 heteroatoms. The van der Waals surface area contributed by atoms with Crippen LogP contribution in [0.1, 0.15) is 13.3 Å². The lowest BCUT2D eigenvalue weighted by molar-refractivity contribution is -0.148. The van der Waals surface area contributed by atoms with Gasteiger partial charge in [0.2, 0.25) is 11.6 Å². The average molecular weight is 259 g/mol. The molecule has 0 unspecified atom stereocenters. The van der Waals surface area contributed by atoms with Gasteiger partial charge in [0.25, 0.3) is 0 Å². The third kappa shape index (κ3) is 1.37. The number of carbonyl (C=O) groups is 2. The van der Waals surface area contributed by atoms with Gasteiger partial charge in [0.05, 0.1) is 12.0 Å². The summed E-state index contributed by atoms with van der Waals surface area (Å²) in [5.41, 5.74) is 0. The first-order valence-corrected chi connectivity index (χ1v) is 5.51. The number of carbonyl (C=O) groups excluding carboxylic acids is 2. The van der Waals surface area contributed by atoms with Crippen LogP contribution >= 0.6 is 15.9 Å². The lowest BCUT2D eigenvalue weighted by Gasteiger charge is -2.37. The molecule has 1 fully saturated rings. The molecule has 0 aliphatic heterocycles. The fourth-order valence-corrected chi connectivity index (χ4v) is 2.94. The number of rotatable bonds is 2. The predicted octanol–water partition coefficient (Wildman–Crippen LogP) is 1.46. The number of fused-ring (bicyclic) bond motifs is 2. The molecule has 0 saturated heterocycles. The summed E-state index contributed by atoms with van der Waals surface area (Å²) in [6, 6.07) is 0. The van der Waals surface area contributed by atoms with Gasteiger partial charge in [0.15, 0.2) is 0 Å². The predicted molar refractivity (Wildman–Crippen MR) is 54.0 cm³/mol. The zero-order chi connectivity index (χ0) is 10.3. The fourth-order valence-electron chi connectivity index (χ4n) is 2.12. The molecule has 3 nitrogen and oxygen atoms in total. The quantitative estimate of drug-likeness (QED) is 0.705. The van der Waals surface area contributed by atoms with Gasteiger partial charge < -0.3 is 4.74 Å². The van der Waals surface area contributed by atoms with Crippen LogP contribution in [-0.4, -0.2) is 24.3 Å². The third-order valence-electron chi connectivity index (χ3n) is 2.76. The van der Waals surface area contributed by atoms with Crippen molar-refractivity contribution in [3.63, 3.8) is 0 Å². The van der Waals surface area contributed by atoms with Crippen molar-refractivity contribution >= 4 is 27.5 Å². The molecular weight excluding hydrogens is 248 g/mol. The Morgan fingerprint density at radius 3 is 2.79 bits per heavy atom. The maximum atomic E-state index is 11.6. The second-order valence-electron chi connectivity index (χ2n) is 3.59. The molecule has 0 aromatic carbocycles. The number of ether oxygens (including phenoxy) is 1. The Morgan fingerprint density at radius 2 is 2.21 bits per heavy atom. The van der Waals surface area contributed by atoms with E-state index in [4.69, 9.17) is 4.74 Å². The Labute approximate surface area is 90.6 Å². The van der Waals surface area contributed by atoms with Gasteiger partial charge in [0.1, 0.15) is 0 Å². The molecule has 0 spiro atoms. The highest BCUT2D eigenvalue weighted by Crippen LogP contribution is 2.40. The van der Waals surface area contributed by atoms with Crippen molar-refractivity contribution in [1.82, 2.24) is 0 Å². The summed E-state index contributed by atoms with van der Waals surface area (Å²) in [7, 11) is 0. The Kier molecular flexibility index (Phi) is 2.58. The molecule has 76 valence electrons. The number of allylic oxidation sites excluding steroid dienone is 1. The summed E-state index contributed by atoms with van der Waals surface area (Å²) in [4.78, 5) is 23.0. The molecule has 0 radical (unpaired) electrons. The van der Waals surface area contributed by atoms with E-state index in [1.165, 1.54) is 0 Å². The fraction of sp³-hybridized carbons (Fsp3) is 0.600. The van der Waals surface area contributed by atoms with Crippen molar-refractivity contribution in [3.8, 4) is 0 Å². The number of hydrogen-bond donors (Lipinski definition) is 0. The standard InChI is InChI=1S/C10H11BrO3/c1-2-14-7-4-5-3-6(11)8(7)10(13)9(5)12/h3,5,7-8H,2,4H2,1H3/t5-,7+,8+/m1/s1. The van der Waals surface area contributed by atoms with E-state index < -0.39 is 0 Å². The summed E-state index contributed by atoms with van der Waals surface area (Å²) < 4.78 is 6.28. The van der Waals surface area contributed by atoms with E-state index in [0.717, 1.165) is 4.48 Å². The Hall–Kier alpha value is -0.480. The first-order chi connectivity index (χ1) is 6.65. The molecule has 3 atom stereocenters. The second-order valence-corrected chi connectivity index (χ2v) is 4.51. The van der Waals surface area contributed by atoms with Crippen molar-refractivity contribution in [2.24, 2.45) is 11.8 Å². The summed E-state index contributed by atoms with van der Waals surface area (Å²) in [5.74, 6) is -1.20. The molecule has 0 aromatic heterocycles. The number of Topliss-reactive ketones (excluding diaryl/α,β-unsaturated/α-hetero) is 2. The van der Waals surface area contributed by atoms with Gasteiger partial charge >= 0.3 is 0 Å². The van der Waals surface area contributed by atoms with Crippen molar-refractivity contribution in [2.75, 3.05) is 6.61 Å². The molecule has 3 aliphatic carbocycles. The molecule has 0 amide bonds. The van der Waals surface area contributed by atoms with Crippen molar-refractivity contribution in [3.05, 3.63) is 10.6 Å². The second kappa shape index (κ2) is 3.59. The highest BCUT2D eigenvalue weighted by molar-refractivity contribution is 9.11. The molecule has 0 heterocycles. The zero-order valence-electron chi connectivity index (χ0n) is 7.83. The van der Waals surface area contributed by atoms with Gasteiger partial charge in [-0.15, -0.1) is 0 Å². The molecule has 0 aromatic rings.